The standard InChI is InChI=1S/C10H12FN3O6S/c11-7-5-8(13-2-1-3-21(12,19)20)9(14(17)18)4-6(7)10(15)16/h4-5,13H,1-3H2,(H,15,16)(H2,12,19,20). The Labute approximate surface area is 118 Å². The third-order valence-corrected chi connectivity index (χ3v) is 3.29. The van der Waals surface area contributed by atoms with E-state index in [0.29, 0.717) is 12.1 Å². The molecule has 4 N–H and O–H groups in total. The zero-order chi connectivity index (χ0) is 16.2. The van der Waals surface area contributed by atoms with Gasteiger partial charge in [0.2, 0.25) is 10.0 Å². The number of benzene rings is 1. The van der Waals surface area contributed by atoms with Crippen molar-refractivity contribution in [2.45, 2.75) is 6.42 Å². The van der Waals surface area contributed by atoms with Crippen LogP contribution in [0.5, 0.6) is 0 Å². The lowest BCUT2D eigenvalue weighted by molar-refractivity contribution is -0.384. The molecule has 0 saturated carbocycles. The summed E-state index contributed by atoms with van der Waals surface area (Å²) in [7, 11) is -3.66. The molecule has 0 saturated heterocycles. The molecule has 0 atom stereocenters. The fourth-order valence-corrected chi connectivity index (χ4v) is 2.06. The van der Waals surface area contributed by atoms with Gasteiger partial charge in [-0.25, -0.2) is 22.7 Å². The molecule has 0 aromatic heterocycles. The maximum atomic E-state index is 13.5. The molecule has 11 heteroatoms. The highest BCUT2D eigenvalue weighted by molar-refractivity contribution is 7.89. The average Bonchev–Trinajstić information content (AvgIpc) is 2.32. The number of nitro groups is 1. The molecule has 0 heterocycles. The Morgan fingerprint density at radius 1 is 1.48 bits per heavy atom. The van der Waals surface area contributed by atoms with Gasteiger partial charge < -0.3 is 10.4 Å². The number of carbonyl (C=O) groups is 1. The summed E-state index contributed by atoms with van der Waals surface area (Å²) in [6, 6.07) is 1.28. The highest BCUT2D eigenvalue weighted by Gasteiger charge is 2.21. The second kappa shape index (κ2) is 6.45. The van der Waals surface area contributed by atoms with Crippen LogP contribution in [0.3, 0.4) is 0 Å². The van der Waals surface area contributed by atoms with Crippen LogP contribution in [0.25, 0.3) is 0 Å². The maximum Gasteiger partial charge on any atom is 0.338 e. The van der Waals surface area contributed by atoms with E-state index in [9.17, 15) is 27.7 Å². The lowest BCUT2D eigenvalue weighted by Crippen LogP contribution is -2.19. The van der Waals surface area contributed by atoms with E-state index in [1.807, 2.05) is 0 Å². The third-order valence-electron chi connectivity index (χ3n) is 2.43. The number of primary sulfonamides is 1. The summed E-state index contributed by atoms with van der Waals surface area (Å²) in [5.41, 5.74) is -1.68. The van der Waals surface area contributed by atoms with Crippen molar-refractivity contribution in [3.05, 3.63) is 33.6 Å². The minimum absolute atomic E-state index is 0.0108. The molecule has 0 aliphatic heterocycles. The zero-order valence-electron chi connectivity index (χ0n) is 10.6. The predicted molar refractivity (Wildman–Crippen MR) is 71.1 cm³/mol. The molecule has 0 bridgehead atoms. The Morgan fingerprint density at radius 3 is 2.57 bits per heavy atom. The summed E-state index contributed by atoms with van der Waals surface area (Å²) in [6.45, 7) is -0.0108. The number of hydrogen-bond acceptors (Lipinski definition) is 6. The van der Waals surface area contributed by atoms with Crippen LogP contribution in [0.1, 0.15) is 16.8 Å². The molecule has 1 aromatic rings. The first-order chi connectivity index (χ1) is 9.61. The number of hydrogen-bond donors (Lipinski definition) is 3. The van der Waals surface area contributed by atoms with Gasteiger partial charge in [0.25, 0.3) is 5.69 Å². The molecule has 0 amide bonds. The Kier molecular flexibility index (Phi) is 5.16. The monoisotopic (exact) mass is 321 g/mol. The van der Waals surface area contributed by atoms with E-state index >= 15 is 0 Å². The number of nitro benzene ring substituents is 1. The molecule has 21 heavy (non-hydrogen) atoms. The molecule has 9 nitrogen and oxygen atoms in total. The Balaban J connectivity index is 2.93. The number of carboxylic acids is 1. The molecule has 0 radical (unpaired) electrons. The molecular formula is C10H12FN3O6S. The molecule has 1 rings (SSSR count). The van der Waals surface area contributed by atoms with Crippen molar-refractivity contribution in [2.75, 3.05) is 17.6 Å². The van der Waals surface area contributed by atoms with Crippen LogP contribution in [0.15, 0.2) is 12.1 Å². The number of sulfonamides is 1. The van der Waals surface area contributed by atoms with Crippen molar-refractivity contribution in [3.8, 4) is 0 Å². The number of nitrogens with zero attached hydrogens (tertiary/aromatic N) is 1. The predicted octanol–water partition coefficient (Wildman–Crippen LogP) is 0.523. The highest BCUT2D eigenvalue weighted by Crippen LogP contribution is 2.27. The summed E-state index contributed by atoms with van der Waals surface area (Å²) < 4.78 is 34.9. The van der Waals surface area contributed by atoms with Gasteiger partial charge in [-0.1, -0.05) is 0 Å². The van der Waals surface area contributed by atoms with Crippen molar-refractivity contribution in [3.63, 3.8) is 0 Å². The van der Waals surface area contributed by atoms with Crippen LogP contribution in [-0.4, -0.2) is 36.7 Å². The van der Waals surface area contributed by atoms with Gasteiger partial charge in [0.1, 0.15) is 17.1 Å². The van der Waals surface area contributed by atoms with Gasteiger partial charge in [-0.15, -0.1) is 0 Å². The maximum absolute atomic E-state index is 13.5. The average molecular weight is 321 g/mol. The lowest BCUT2D eigenvalue weighted by atomic mass is 10.1. The van der Waals surface area contributed by atoms with Gasteiger partial charge in [0.05, 0.1) is 10.7 Å². The molecule has 0 aliphatic carbocycles. The summed E-state index contributed by atoms with van der Waals surface area (Å²) in [6.07, 6.45) is 0.0539. The second-order valence-corrected chi connectivity index (χ2v) is 5.79. The zero-order valence-corrected chi connectivity index (χ0v) is 11.4. The van der Waals surface area contributed by atoms with Crippen LogP contribution in [0, 0.1) is 15.9 Å². The molecule has 0 spiro atoms. The fraction of sp³-hybridized carbons (Fsp3) is 0.300. The van der Waals surface area contributed by atoms with E-state index in [-0.39, 0.29) is 24.4 Å². The smallest absolute Gasteiger partial charge is 0.338 e. The van der Waals surface area contributed by atoms with E-state index in [4.69, 9.17) is 10.2 Å². The Hall–Kier alpha value is -2.27. The number of anilines is 1. The molecule has 0 unspecified atom stereocenters. The first kappa shape index (κ1) is 16.8. The van der Waals surface area contributed by atoms with Crippen molar-refractivity contribution in [1.29, 1.82) is 0 Å². The van der Waals surface area contributed by atoms with Crippen molar-refractivity contribution < 1.29 is 27.6 Å². The van der Waals surface area contributed by atoms with Gasteiger partial charge in [0.15, 0.2) is 0 Å². The van der Waals surface area contributed by atoms with Crippen molar-refractivity contribution in [2.24, 2.45) is 5.14 Å². The first-order valence-electron chi connectivity index (χ1n) is 5.57. The van der Waals surface area contributed by atoms with E-state index < -0.39 is 38.0 Å². The van der Waals surface area contributed by atoms with Crippen LogP contribution in [-0.2, 0) is 10.0 Å². The largest absolute Gasteiger partial charge is 0.478 e. The molecule has 0 aliphatic rings. The van der Waals surface area contributed by atoms with Crippen LogP contribution < -0.4 is 10.5 Å². The fourth-order valence-electron chi connectivity index (χ4n) is 1.51. The number of nitrogens with one attached hydrogen (secondary N) is 1. The van der Waals surface area contributed by atoms with Gasteiger partial charge in [0, 0.05) is 18.7 Å². The van der Waals surface area contributed by atoms with Crippen LogP contribution in [0.4, 0.5) is 15.8 Å². The number of nitrogens with two attached hydrogens (primary N) is 1. The summed E-state index contributed by atoms with van der Waals surface area (Å²) >= 11 is 0. The first-order valence-corrected chi connectivity index (χ1v) is 7.29. The van der Waals surface area contributed by atoms with Crippen LogP contribution >= 0.6 is 0 Å². The van der Waals surface area contributed by atoms with E-state index in [2.05, 4.69) is 5.32 Å². The van der Waals surface area contributed by atoms with Gasteiger partial charge in [-0.2, -0.15) is 0 Å². The van der Waals surface area contributed by atoms with E-state index in [1.54, 1.807) is 0 Å². The number of halogens is 1. The minimum Gasteiger partial charge on any atom is -0.478 e. The summed E-state index contributed by atoms with van der Waals surface area (Å²) in [5, 5.41) is 26.8. The van der Waals surface area contributed by atoms with E-state index in [1.165, 1.54) is 0 Å². The SMILES string of the molecule is NS(=O)(=O)CCCNc1cc(F)c(C(=O)O)cc1[N+](=O)[O-]. The summed E-state index contributed by atoms with van der Waals surface area (Å²) in [4.78, 5) is 20.7. The topological polar surface area (TPSA) is 153 Å². The van der Waals surface area contributed by atoms with Crippen molar-refractivity contribution in [1.82, 2.24) is 0 Å². The minimum atomic E-state index is -3.66. The third kappa shape index (κ3) is 4.96. The molecule has 116 valence electrons. The summed E-state index contributed by atoms with van der Waals surface area (Å²) in [5.74, 6) is -3.11. The molecule has 0 fully saturated rings. The second-order valence-electron chi connectivity index (χ2n) is 4.06. The van der Waals surface area contributed by atoms with Gasteiger partial charge in [-0.05, 0) is 6.42 Å². The van der Waals surface area contributed by atoms with Crippen LogP contribution in [0.2, 0.25) is 0 Å². The highest BCUT2D eigenvalue weighted by atomic mass is 32.2. The van der Waals surface area contributed by atoms with Crippen molar-refractivity contribution >= 4 is 27.4 Å². The van der Waals surface area contributed by atoms with Gasteiger partial charge in [-0.3, -0.25) is 10.1 Å². The number of carboxylic acid groups (broad SMARTS) is 1. The quantitative estimate of drug-likeness (QED) is 0.376. The molecular weight excluding hydrogens is 309 g/mol. The van der Waals surface area contributed by atoms with Gasteiger partial charge >= 0.3 is 5.97 Å². The Morgan fingerprint density at radius 2 is 2.10 bits per heavy atom. The molecule has 1 aromatic carbocycles. The number of aromatic carboxylic acids is 1. The lowest BCUT2D eigenvalue weighted by Gasteiger charge is -2.08. The van der Waals surface area contributed by atoms with E-state index in [0.717, 1.165) is 0 Å². The normalized spacial score (nSPS) is 11.1. The number of rotatable bonds is 7. The Bertz CT molecular complexity index is 676.